The lowest BCUT2D eigenvalue weighted by molar-refractivity contribution is -0.131. The molecule has 2 atom stereocenters. The van der Waals surface area contributed by atoms with E-state index in [4.69, 9.17) is 9.84 Å². The van der Waals surface area contributed by atoms with Crippen LogP contribution in [0.5, 0.6) is 0 Å². The van der Waals surface area contributed by atoms with E-state index in [0.29, 0.717) is 6.04 Å². The molecule has 0 aromatic heterocycles. The van der Waals surface area contributed by atoms with E-state index in [9.17, 15) is 4.79 Å². The Bertz CT molecular complexity index is 524. The maximum atomic E-state index is 10.6. The molecule has 0 amide bonds. The van der Waals surface area contributed by atoms with Gasteiger partial charge in [0.2, 0.25) is 0 Å². The van der Waals surface area contributed by atoms with Crippen LogP contribution in [-0.2, 0) is 9.53 Å². The molecule has 1 aliphatic heterocycles. The molecule has 4 nitrogen and oxygen atoms in total. The van der Waals surface area contributed by atoms with E-state index in [1.807, 2.05) is 19.1 Å². The van der Waals surface area contributed by atoms with Crippen LogP contribution in [0.1, 0.15) is 25.0 Å². The van der Waals surface area contributed by atoms with Crippen LogP contribution in [0.25, 0.3) is 6.08 Å². The second-order valence-electron chi connectivity index (χ2n) is 5.36. The highest BCUT2D eigenvalue weighted by atomic mass is 16.5. The number of ether oxygens (including phenoxy) is 1. The predicted octanol–water partition coefficient (Wildman–Crippen LogP) is 2.71. The molecule has 1 saturated heterocycles. The van der Waals surface area contributed by atoms with Crippen LogP contribution < -0.4 is 4.90 Å². The van der Waals surface area contributed by atoms with Crippen LogP contribution in [0.2, 0.25) is 0 Å². The molecular formula is C16H21NO3. The fourth-order valence-electron chi connectivity index (χ4n) is 2.45. The zero-order valence-electron chi connectivity index (χ0n) is 12.2. The molecule has 1 aromatic carbocycles. The molecule has 0 saturated carbocycles. The molecule has 0 bridgehead atoms. The molecule has 4 heteroatoms. The van der Waals surface area contributed by atoms with E-state index >= 15 is 0 Å². The number of benzene rings is 1. The Morgan fingerprint density at radius 2 is 2.20 bits per heavy atom. The van der Waals surface area contributed by atoms with Crippen molar-refractivity contribution in [2.45, 2.75) is 32.9 Å². The van der Waals surface area contributed by atoms with Crippen molar-refractivity contribution in [3.05, 3.63) is 35.4 Å². The van der Waals surface area contributed by atoms with Gasteiger partial charge in [-0.05, 0) is 50.1 Å². The van der Waals surface area contributed by atoms with Crippen molar-refractivity contribution in [2.24, 2.45) is 0 Å². The van der Waals surface area contributed by atoms with Crippen LogP contribution in [0.4, 0.5) is 5.69 Å². The van der Waals surface area contributed by atoms with Crippen LogP contribution >= 0.6 is 0 Å². The highest BCUT2D eigenvalue weighted by Gasteiger charge is 2.23. The molecule has 0 radical (unpaired) electrons. The van der Waals surface area contributed by atoms with Gasteiger partial charge in [-0.25, -0.2) is 4.79 Å². The standard InChI is InChI=1S/C16H21NO3/c1-11-8-15(6-4-14(11)5-7-16(18)19)17-9-13(3)20-10-12(17)2/h4-8,12-13H,9-10H2,1-3H3,(H,18,19). The van der Waals surface area contributed by atoms with Crippen molar-refractivity contribution in [2.75, 3.05) is 18.1 Å². The summed E-state index contributed by atoms with van der Waals surface area (Å²) in [5.41, 5.74) is 3.18. The zero-order valence-corrected chi connectivity index (χ0v) is 12.2. The Balaban J connectivity index is 2.22. The summed E-state index contributed by atoms with van der Waals surface area (Å²) < 4.78 is 5.64. The van der Waals surface area contributed by atoms with Gasteiger partial charge in [0.15, 0.2) is 0 Å². The lowest BCUT2D eigenvalue weighted by Crippen LogP contribution is -2.47. The number of anilines is 1. The Hall–Kier alpha value is -1.81. The normalized spacial score (nSPS) is 23.2. The number of hydrogen-bond donors (Lipinski definition) is 1. The first kappa shape index (κ1) is 14.6. The summed E-state index contributed by atoms with van der Waals surface area (Å²) >= 11 is 0. The largest absolute Gasteiger partial charge is 0.478 e. The van der Waals surface area contributed by atoms with Gasteiger partial charge < -0.3 is 14.7 Å². The quantitative estimate of drug-likeness (QED) is 0.862. The molecule has 108 valence electrons. The monoisotopic (exact) mass is 275 g/mol. The van der Waals surface area contributed by atoms with Gasteiger partial charge in [-0.15, -0.1) is 0 Å². The Labute approximate surface area is 119 Å². The molecule has 1 aromatic rings. The third kappa shape index (κ3) is 3.39. The molecule has 0 aliphatic carbocycles. The molecule has 1 aliphatic rings. The summed E-state index contributed by atoms with van der Waals surface area (Å²) in [5, 5.41) is 8.68. The number of rotatable bonds is 3. The van der Waals surface area contributed by atoms with Crippen molar-refractivity contribution >= 4 is 17.7 Å². The minimum Gasteiger partial charge on any atom is -0.478 e. The smallest absolute Gasteiger partial charge is 0.328 e. The van der Waals surface area contributed by atoms with Gasteiger partial charge >= 0.3 is 5.97 Å². The summed E-state index contributed by atoms with van der Waals surface area (Å²) in [6.07, 6.45) is 3.03. The summed E-state index contributed by atoms with van der Waals surface area (Å²) in [6, 6.07) is 6.47. The average molecular weight is 275 g/mol. The van der Waals surface area contributed by atoms with E-state index in [1.54, 1.807) is 6.08 Å². The number of hydrogen-bond acceptors (Lipinski definition) is 3. The number of aryl methyl sites for hydroxylation is 1. The Kier molecular flexibility index (Phi) is 4.45. The van der Waals surface area contributed by atoms with Crippen molar-refractivity contribution in [3.8, 4) is 0 Å². The highest BCUT2D eigenvalue weighted by Crippen LogP contribution is 2.25. The SMILES string of the molecule is Cc1cc(N2CC(C)OCC2C)ccc1C=CC(=O)O. The first-order chi connectivity index (χ1) is 9.47. The van der Waals surface area contributed by atoms with Gasteiger partial charge in [0.1, 0.15) is 0 Å². The number of carboxylic acid groups (broad SMARTS) is 1. The molecular weight excluding hydrogens is 254 g/mol. The summed E-state index contributed by atoms with van der Waals surface area (Å²) in [6.45, 7) is 7.85. The first-order valence-electron chi connectivity index (χ1n) is 6.87. The first-order valence-corrected chi connectivity index (χ1v) is 6.87. The molecule has 0 spiro atoms. The molecule has 2 rings (SSSR count). The summed E-state index contributed by atoms with van der Waals surface area (Å²) in [4.78, 5) is 12.9. The maximum Gasteiger partial charge on any atom is 0.328 e. The van der Waals surface area contributed by atoms with Crippen LogP contribution in [0.15, 0.2) is 24.3 Å². The van der Waals surface area contributed by atoms with Crippen LogP contribution in [0.3, 0.4) is 0 Å². The third-order valence-corrected chi connectivity index (χ3v) is 3.60. The van der Waals surface area contributed by atoms with Crippen LogP contribution in [0, 0.1) is 6.92 Å². The fourth-order valence-corrected chi connectivity index (χ4v) is 2.45. The molecule has 1 N–H and O–H groups in total. The van der Waals surface area contributed by atoms with Gasteiger partial charge in [-0.2, -0.15) is 0 Å². The van der Waals surface area contributed by atoms with Crippen molar-refractivity contribution in [1.82, 2.24) is 0 Å². The number of morpholine rings is 1. The van der Waals surface area contributed by atoms with Gasteiger partial charge in [-0.1, -0.05) is 6.07 Å². The van der Waals surface area contributed by atoms with Gasteiger partial charge in [0.05, 0.1) is 12.7 Å². The number of aliphatic carboxylic acids is 1. The van der Waals surface area contributed by atoms with Crippen molar-refractivity contribution in [3.63, 3.8) is 0 Å². The fraction of sp³-hybridized carbons (Fsp3) is 0.438. The second-order valence-corrected chi connectivity index (χ2v) is 5.36. The molecule has 1 heterocycles. The van der Waals surface area contributed by atoms with Gasteiger partial charge in [0.25, 0.3) is 0 Å². The predicted molar refractivity (Wildman–Crippen MR) is 80.1 cm³/mol. The summed E-state index contributed by atoms with van der Waals surface area (Å²) in [7, 11) is 0. The summed E-state index contributed by atoms with van der Waals surface area (Å²) in [5.74, 6) is -0.927. The van der Waals surface area contributed by atoms with Gasteiger partial charge in [0, 0.05) is 24.4 Å². The lowest BCUT2D eigenvalue weighted by Gasteiger charge is -2.38. The Morgan fingerprint density at radius 3 is 2.85 bits per heavy atom. The third-order valence-electron chi connectivity index (χ3n) is 3.60. The average Bonchev–Trinajstić information content (AvgIpc) is 2.40. The van der Waals surface area contributed by atoms with E-state index < -0.39 is 5.97 Å². The lowest BCUT2D eigenvalue weighted by atomic mass is 10.1. The minimum absolute atomic E-state index is 0.234. The van der Waals surface area contributed by atoms with E-state index in [0.717, 1.165) is 30.0 Å². The Morgan fingerprint density at radius 1 is 1.45 bits per heavy atom. The molecule has 20 heavy (non-hydrogen) atoms. The van der Waals surface area contributed by atoms with E-state index in [1.165, 1.54) is 6.08 Å². The highest BCUT2D eigenvalue weighted by molar-refractivity contribution is 5.85. The molecule has 1 fully saturated rings. The van der Waals surface area contributed by atoms with Crippen molar-refractivity contribution < 1.29 is 14.6 Å². The van der Waals surface area contributed by atoms with Gasteiger partial charge in [-0.3, -0.25) is 0 Å². The number of carboxylic acids is 1. The van der Waals surface area contributed by atoms with E-state index in [2.05, 4.69) is 24.8 Å². The minimum atomic E-state index is -0.927. The van der Waals surface area contributed by atoms with E-state index in [-0.39, 0.29) is 6.10 Å². The number of carbonyl (C=O) groups is 1. The number of nitrogens with zero attached hydrogens (tertiary/aromatic N) is 1. The maximum absolute atomic E-state index is 10.6. The second kappa shape index (κ2) is 6.09. The van der Waals surface area contributed by atoms with Crippen molar-refractivity contribution in [1.29, 1.82) is 0 Å². The zero-order chi connectivity index (χ0) is 14.7. The topological polar surface area (TPSA) is 49.8 Å². The van der Waals surface area contributed by atoms with Crippen LogP contribution in [-0.4, -0.2) is 36.4 Å². The molecule has 2 unspecified atom stereocenters.